The molecule has 4 aromatic rings. The monoisotopic (exact) mass is 1380 g/mol. The Hall–Kier alpha value is -6.16. The van der Waals surface area contributed by atoms with E-state index in [1.807, 2.05) is 49.6 Å². The summed E-state index contributed by atoms with van der Waals surface area (Å²) in [7, 11) is 1.73. The highest BCUT2D eigenvalue weighted by Crippen LogP contribution is 2.34. The van der Waals surface area contributed by atoms with Gasteiger partial charge < -0.3 is 30.2 Å². The van der Waals surface area contributed by atoms with Gasteiger partial charge in [-0.1, -0.05) is 201 Å². The lowest BCUT2D eigenvalue weighted by Crippen LogP contribution is -2.32. The first-order valence-corrected chi connectivity index (χ1v) is 34.9. The van der Waals surface area contributed by atoms with Crippen LogP contribution in [0.15, 0.2) is 104 Å². The molecule has 4 N–H and O–H groups in total. The van der Waals surface area contributed by atoms with E-state index in [0.29, 0.717) is 41.9 Å². The van der Waals surface area contributed by atoms with Crippen molar-refractivity contribution in [3.8, 4) is 0 Å². The molecule has 0 radical (unpaired) electrons. The minimum Gasteiger partial charge on any atom is -0.481 e. The zero-order valence-corrected chi connectivity index (χ0v) is 61.1. The van der Waals surface area contributed by atoms with Crippen LogP contribution in [0, 0.1) is 41.4 Å². The number of esters is 4. The second-order valence-electron chi connectivity index (χ2n) is 25.2. The summed E-state index contributed by atoms with van der Waals surface area (Å²) >= 11 is 5.69. The number of aliphatic carboxylic acids is 2. The summed E-state index contributed by atoms with van der Waals surface area (Å²) in [5.41, 5.74) is 11.9. The maximum Gasteiger partial charge on any atom is 0.317 e. The van der Waals surface area contributed by atoms with Crippen molar-refractivity contribution in [1.29, 1.82) is 0 Å². The number of alkyl halides is 1. The van der Waals surface area contributed by atoms with E-state index in [4.69, 9.17) is 32.3 Å². The first-order chi connectivity index (χ1) is 44.1. The lowest BCUT2D eigenvalue weighted by molar-refractivity contribution is -0.697. The molecule has 6 rings (SSSR count). The Morgan fingerprint density at radius 2 is 1.09 bits per heavy atom. The number of rotatable bonds is 28. The van der Waals surface area contributed by atoms with E-state index < -0.39 is 23.9 Å². The number of benzene rings is 2. The molecule has 2 aromatic heterocycles. The number of carboxylic acid groups (broad SMARTS) is 2. The topological polar surface area (TPSA) is 230 Å². The van der Waals surface area contributed by atoms with Crippen molar-refractivity contribution in [1.82, 2.24) is 4.98 Å². The van der Waals surface area contributed by atoms with E-state index in [-0.39, 0.29) is 89.5 Å². The highest BCUT2D eigenvalue weighted by molar-refractivity contribution is 6.17. The van der Waals surface area contributed by atoms with E-state index in [9.17, 15) is 33.6 Å². The van der Waals surface area contributed by atoms with Crippen LogP contribution in [0.2, 0.25) is 0 Å². The van der Waals surface area contributed by atoms with Crippen LogP contribution >= 0.6 is 11.6 Å². The third-order valence-electron chi connectivity index (χ3n) is 17.5. The van der Waals surface area contributed by atoms with Crippen molar-refractivity contribution < 1.29 is 62.6 Å². The molecule has 15 nitrogen and oxygen atoms in total. The van der Waals surface area contributed by atoms with Crippen LogP contribution in [0.5, 0.6) is 0 Å². The SMILES string of the molecule is C.C.C.C.CC(CC1C(=O)OC(=O)C1C)c1ccccc1.CC1C(=O)OC(=O)C1C.CCC(C)C.CCC(C)C(=O)O.CCC(C)OC.CCC(C)c1ccc(CCl)cc1.CCC(CC(C)c1ccncc1)c1cc[n+](CCCCCC(=O)O)cc1.CCC(CCCCN)C(C)=O. The number of Topliss-reactive ketones (excluding diaryl/α,β-unsaturated/α-hetero) is 1. The summed E-state index contributed by atoms with van der Waals surface area (Å²) in [5.74, 6) is -0.158. The number of aromatic nitrogens is 2. The molecule has 556 valence electrons. The highest BCUT2D eigenvalue weighted by atomic mass is 35.5. The lowest BCUT2D eigenvalue weighted by atomic mass is 9.85. The molecule has 11 unspecified atom stereocenters. The number of nitrogens with two attached hydrogens (primary N) is 1. The first-order valence-electron chi connectivity index (χ1n) is 34.3. The van der Waals surface area contributed by atoms with Gasteiger partial charge in [0.05, 0.1) is 35.7 Å². The zero-order valence-electron chi connectivity index (χ0n) is 60.3. The van der Waals surface area contributed by atoms with Crippen LogP contribution in [-0.4, -0.2) is 76.6 Å². The Kier molecular flexibility index (Phi) is 64.0. The Morgan fingerprint density at radius 3 is 1.45 bits per heavy atom. The number of carboxylic acids is 2. The van der Waals surface area contributed by atoms with E-state index in [2.05, 4.69) is 156 Å². The standard InChI is InChI=1S/C22H30N2O2.C14H16O3.C11H15Cl.C9H19NO.C6H8O3.C5H10O2.C5H12O.C5H12.4CH4/c1-3-19(17-18(2)20-8-12-23-13-9-20)21-10-15-24(16-11-21)14-6-4-5-7-22(25)26;1-9(11-6-4-3-5-7-11)8-12-10(2)13(15)17-14(12)16;1-3-9(2)11-6-4-10(8-12)5-7-11;1-3-9(8(2)11)6-4-5-7-10;1-3-4(2)6(8)9-5(3)7;1-3-4(2)5(6)7;1-4-5(2)6-3;1-4-5(2)3;;;;/h8-13,15-16,18-19H,3-7,14,17H2,1-2H3;3-7,9-10,12H,8H2,1-2H3;4-7,9H,3,8H2,1-2H3;9H,3-7,10H2,1-2H3;3-4H,1-2H3;4H,3H2,1-2H3,(H,6,7);5H,4H2,1-3H3;5H,4H2,1-3H3;4*1H4/p+1. The number of ketones is 1. The molecule has 11 atom stereocenters. The number of aryl methyl sites for hydroxylation is 1. The quantitative estimate of drug-likeness (QED) is 0.0158. The number of nitrogens with zero attached hydrogens (tertiary/aromatic N) is 2. The van der Waals surface area contributed by atoms with Crippen molar-refractivity contribution in [3.63, 3.8) is 0 Å². The van der Waals surface area contributed by atoms with Gasteiger partial charge in [-0.25, -0.2) is 4.57 Å². The molecule has 0 amide bonds. The van der Waals surface area contributed by atoms with Gasteiger partial charge in [0.1, 0.15) is 12.3 Å². The smallest absolute Gasteiger partial charge is 0.317 e. The Morgan fingerprint density at radius 1 is 0.588 bits per heavy atom. The van der Waals surface area contributed by atoms with Crippen LogP contribution in [0.1, 0.15) is 295 Å². The van der Waals surface area contributed by atoms with E-state index in [0.717, 1.165) is 89.6 Å². The number of halogens is 1. The minimum absolute atomic E-state index is 0. The van der Waals surface area contributed by atoms with Gasteiger partial charge >= 0.3 is 35.8 Å². The molecule has 16 heteroatoms. The molecule has 2 saturated heterocycles. The molecule has 0 aliphatic carbocycles. The number of methoxy groups -OCH3 is 1. The van der Waals surface area contributed by atoms with E-state index in [1.54, 1.807) is 41.7 Å². The largest absolute Gasteiger partial charge is 0.481 e. The number of hydrogen-bond donors (Lipinski definition) is 3. The fourth-order valence-electron chi connectivity index (χ4n) is 9.10. The molecule has 97 heavy (non-hydrogen) atoms. The molecule has 0 spiro atoms. The average molecular weight is 1380 g/mol. The van der Waals surface area contributed by atoms with Crippen molar-refractivity contribution in [2.75, 3.05) is 13.7 Å². The van der Waals surface area contributed by atoms with Crippen LogP contribution < -0.4 is 10.3 Å². The lowest BCUT2D eigenvalue weighted by Gasteiger charge is -2.20. The third kappa shape index (κ3) is 45.9. The molecule has 2 aliphatic heterocycles. The normalized spacial score (nSPS) is 16.8. The zero-order chi connectivity index (χ0) is 71.0. The van der Waals surface area contributed by atoms with Gasteiger partial charge in [0, 0.05) is 56.3 Å². The molecule has 4 heterocycles. The number of carbonyl (C=O) groups excluding carboxylic acids is 5. The van der Waals surface area contributed by atoms with Crippen LogP contribution in [-0.2, 0) is 60.2 Å². The average Bonchev–Trinajstić information content (AvgIpc) is 1.79. The van der Waals surface area contributed by atoms with Gasteiger partial charge in [0.2, 0.25) is 0 Å². The van der Waals surface area contributed by atoms with E-state index >= 15 is 0 Å². The van der Waals surface area contributed by atoms with Crippen molar-refractivity contribution in [3.05, 3.63) is 131 Å². The second-order valence-corrected chi connectivity index (χ2v) is 25.5. The van der Waals surface area contributed by atoms with Crippen LogP contribution in [0.4, 0.5) is 0 Å². The van der Waals surface area contributed by atoms with Crippen molar-refractivity contribution in [2.24, 2.45) is 47.2 Å². The van der Waals surface area contributed by atoms with E-state index in [1.165, 1.54) is 40.7 Å². The molecule has 0 saturated carbocycles. The number of carbonyl (C=O) groups is 7. The fraction of sp³-hybridized carbons (Fsp3) is 0.642. The van der Waals surface area contributed by atoms with Gasteiger partial charge in [-0.05, 0) is 161 Å². The fourth-order valence-corrected chi connectivity index (χ4v) is 9.28. The molecular weight excluding hydrogens is 1240 g/mol. The predicted octanol–water partition coefficient (Wildman–Crippen LogP) is 20.4. The van der Waals surface area contributed by atoms with Crippen molar-refractivity contribution >= 4 is 53.2 Å². The molecular formula is C81H139ClN3O12+. The predicted molar refractivity (Wildman–Crippen MR) is 404 cm³/mol. The minimum atomic E-state index is -0.706. The summed E-state index contributed by atoms with van der Waals surface area (Å²) in [6.07, 6.45) is 22.9. The highest BCUT2D eigenvalue weighted by Gasteiger charge is 2.42. The van der Waals surface area contributed by atoms with Gasteiger partial charge in [-0.15, -0.1) is 11.6 Å². The summed E-state index contributed by atoms with van der Waals surface area (Å²) < 4.78 is 16.0. The Labute approximate surface area is 596 Å². The molecule has 2 aliphatic rings. The number of unbranched alkanes of at least 4 members (excludes halogenated alkanes) is 3. The Bertz CT molecular complexity index is 2600. The summed E-state index contributed by atoms with van der Waals surface area (Å²) in [6.45, 7) is 36.0. The van der Waals surface area contributed by atoms with Gasteiger partial charge in [-0.3, -0.25) is 38.5 Å². The maximum absolute atomic E-state index is 11.5. The van der Waals surface area contributed by atoms with Gasteiger partial charge in [0.25, 0.3) is 0 Å². The maximum atomic E-state index is 11.5. The Balaban J connectivity index is -0.000000257. The summed E-state index contributed by atoms with van der Waals surface area (Å²) in [5, 5.41) is 16.8. The van der Waals surface area contributed by atoms with Crippen LogP contribution in [0.25, 0.3) is 0 Å². The number of cyclic esters (lactones) is 4. The molecule has 2 fully saturated rings. The molecule has 2 aromatic carbocycles. The van der Waals surface area contributed by atoms with Gasteiger partial charge in [-0.2, -0.15) is 0 Å². The summed E-state index contributed by atoms with van der Waals surface area (Å²) in [4.78, 5) is 79.4. The summed E-state index contributed by atoms with van der Waals surface area (Å²) in [6, 6.07) is 27.3. The molecule has 0 bridgehead atoms. The van der Waals surface area contributed by atoms with Crippen molar-refractivity contribution in [2.45, 2.75) is 286 Å². The number of hydrogen-bond acceptors (Lipinski definition) is 12. The third-order valence-corrected chi connectivity index (χ3v) is 17.8. The van der Waals surface area contributed by atoms with Gasteiger partial charge in [0.15, 0.2) is 12.4 Å². The van der Waals surface area contributed by atoms with Crippen LogP contribution in [0.3, 0.4) is 0 Å². The first kappa shape index (κ1) is 102. The number of pyridine rings is 2. The number of ether oxygens (including phenoxy) is 3. The second kappa shape index (κ2) is 61.0.